The number of hydrogen-bond acceptors (Lipinski definition) is 2. The molecule has 2 aromatic rings. The van der Waals surface area contributed by atoms with Crippen molar-refractivity contribution in [2.24, 2.45) is 0 Å². The maximum atomic E-state index is 9.34. The van der Waals surface area contributed by atoms with Crippen LogP contribution in [0.1, 0.15) is 18.5 Å². The van der Waals surface area contributed by atoms with Gasteiger partial charge in [0, 0.05) is 11.7 Å². The van der Waals surface area contributed by atoms with Gasteiger partial charge in [-0.15, -0.1) is 0 Å². The van der Waals surface area contributed by atoms with Crippen molar-refractivity contribution in [2.45, 2.75) is 13.0 Å². The number of hydrogen-bond donors (Lipinski definition) is 2. The summed E-state index contributed by atoms with van der Waals surface area (Å²) in [6.07, 6.45) is 0. The molecule has 17 heavy (non-hydrogen) atoms. The molecule has 0 aliphatic carbocycles. The Bertz CT molecular complexity index is 499. The van der Waals surface area contributed by atoms with Gasteiger partial charge in [-0.05, 0) is 30.7 Å². The summed E-state index contributed by atoms with van der Waals surface area (Å²) < 4.78 is 0. The third-order valence-electron chi connectivity index (χ3n) is 2.63. The number of aromatic hydroxyl groups is 1. The number of phenolic OH excluding ortho intramolecular Hbond substituents is 1. The summed E-state index contributed by atoms with van der Waals surface area (Å²) in [6.45, 7) is 2.08. The molecule has 0 amide bonds. The van der Waals surface area contributed by atoms with Crippen molar-refractivity contribution < 1.29 is 5.11 Å². The number of anilines is 1. The van der Waals surface area contributed by atoms with Crippen LogP contribution >= 0.6 is 11.6 Å². The highest BCUT2D eigenvalue weighted by molar-refractivity contribution is 6.32. The van der Waals surface area contributed by atoms with Crippen LogP contribution in [0.25, 0.3) is 0 Å². The maximum Gasteiger partial charge on any atom is 0.134 e. The summed E-state index contributed by atoms with van der Waals surface area (Å²) in [5, 5.41) is 13.0. The average Bonchev–Trinajstić information content (AvgIpc) is 2.35. The summed E-state index contributed by atoms with van der Waals surface area (Å²) in [5.41, 5.74) is 2.10. The summed E-state index contributed by atoms with van der Waals surface area (Å²) in [7, 11) is 0. The molecule has 0 aliphatic heterocycles. The first-order chi connectivity index (χ1) is 8.16. The van der Waals surface area contributed by atoms with Crippen molar-refractivity contribution in [3.63, 3.8) is 0 Å². The number of halogens is 1. The Balaban J connectivity index is 2.13. The first kappa shape index (κ1) is 11.8. The van der Waals surface area contributed by atoms with Gasteiger partial charge in [-0.1, -0.05) is 41.9 Å². The van der Waals surface area contributed by atoms with E-state index in [2.05, 4.69) is 24.4 Å². The van der Waals surface area contributed by atoms with Crippen LogP contribution in [0.5, 0.6) is 5.75 Å². The van der Waals surface area contributed by atoms with E-state index in [1.807, 2.05) is 18.2 Å². The fourth-order valence-electron chi connectivity index (χ4n) is 1.67. The van der Waals surface area contributed by atoms with Crippen molar-refractivity contribution in [2.75, 3.05) is 5.32 Å². The van der Waals surface area contributed by atoms with Crippen LogP contribution in [-0.4, -0.2) is 5.11 Å². The van der Waals surface area contributed by atoms with E-state index in [0.717, 1.165) is 5.69 Å². The molecule has 1 atom stereocenters. The SMILES string of the molecule is CC(Nc1ccc(O)c(Cl)c1)c1ccccc1. The molecule has 2 rings (SSSR count). The number of rotatable bonds is 3. The van der Waals surface area contributed by atoms with Gasteiger partial charge in [-0.3, -0.25) is 0 Å². The Kier molecular flexibility index (Phi) is 3.55. The molecule has 0 aromatic heterocycles. The molecule has 0 bridgehead atoms. The Labute approximate surface area is 106 Å². The molecule has 0 fully saturated rings. The highest BCUT2D eigenvalue weighted by Gasteiger charge is 2.05. The lowest BCUT2D eigenvalue weighted by Gasteiger charge is -2.16. The van der Waals surface area contributed by atoms with E-state index < -0.39 is 0 Å². The largest absolute Gasteiger partial charge is 0.506 e. The Hall–Kier alpha value is -1.67. The van der Waals surface area contributed by atoms with Crippen LogP contribution in [-0.2, 0) is 0 Å². The van der Waals surface area contributed by atoms with Gasteiger partial charge in [-0.2, -0.15) is 0 Å². The van der Waals surface area contributed by atoms with Gasteiger partial charge >= 0.3 is 0 Å². The van der Waals surface area contributed by atoms with Gasteiger partial charge in [0.05, 0.1) is 5.02 Å². The normalized spacial score (nSPS) is 12.1. The molecule has 88 valence electrons. The van der Waals surface area contributed by atoms with Crippen molar-refractivity contribution in [3.8, 4) is 5.75 Å². The minimum absolute atomic E-state index is 0.101. The average molecular weight is 248 g/mol. The van der Waals surface area contributed by atoms with Gasteiger partial charge in [-0.25, -0.2) is 0 Å². The smallest absolute Gasteiger partial charge is 0.134 e. The van der Waals surface area contributed by atoms with Crippen LogP contribution in [0.4, 0.5) is 5.69 Å². The zero-order valence-corrected chi connectivity index (χ0v) is 10.3. The fraction of sp³-hybridized carbons (Fsp3) is 0.143. The molecule has 0 aliphatic rings. The van der Waals surface area contributed by atoms with Gasteiger partial charge in [0.1, 0.15) is 5.75 Å². The van der Waals surface area contributed by atoms with Crippen LogP contribution in [0.15, 0.2) is 48.5 Å². The predicted octanol–water partition coefficient (Wildman–Crippen LogP) is 4.22. The van der Waals surface area contributed by atoms with Crippen molar-refractivity contribution in [1.82, 2.24) is 0 Å². The summed E-state index contributed by atoms with van der Waals surface area (Å²) in [5.74, 6) is 0.101. The van der Waals surface area contributed by atoms with E-state index in [4.69, 9.17) is 11.6 Å². The first-order valence-corrected chi connectivity index (χ1v) is 5.84. The summed E-state index contributed by atoms with van der Waals surface area (Å²) in [4.78, 5) is 0. The van der Waals surface area contributed by atoms with Crippen molar-refractivity contribution in [3.05, 3.63) is 59.1 Å². The molecule has 0 saturated heterocycles. The molecular formula is C14H14ClNO. The zero-order chi connectivity index (χ0) is 12.3. The van der Waals surface area contributed by atoms with E-state index >= 15 is 0 Å². The second kappa shape index (κ2) is 5.11. The molecule has 2 N–H and O–H groups in total. The Morgan fingerprint density at radius 2 is 1.82 bits per heavy atom. The summed E-state index contributed by atoms with van der Waals surface area (Å²) >= 11 is 5.85. The third kappa shape index (κ3) is 2.92. The lowest BCUT2D eigenvalue weighted by atomic mass is 10.1. The maximum absolute atomic E-state index is 9.34. The van der Waals surface area contributed by atoms with E-state index in [1.54, 1.807) is 18.2 Å². The van der Waals surface area contributed by atoms with Gasteiger partial charge < -0.3 is 10.4 Å². The number of benzene rings is 2. The first-order valence-electron chi connectivity index (χ1n) is 5.47. The van der Waals surface area contributed by atoms with Crippen LogP contribution in [0, 0.1) is 0 Å². The van der Waals surface area contributed by atoms with E-state index in [0.29, 0.717) is 5.02 Å². The minimum Gasteiger partial charge on any atom is -0.506 e. The lowest BCUT2D eigenvalue weighted by Crippen LogP contribution is -2.06. The highest BCUT2D eigenvalue weighted by Crippen LogP contribution is 2.28. The Morgan fingerprint density at radius 3 is 2.47 bits per heavy atom. The lowest BCUT2D eigenvalue weighted by molar-refractivity contribution is 0.475. The number of phenols is 1. The van der Waals surface area contributed by atoms with Crippen molar-refractivity contribution in [1.29, 1.82) is 0 Å². The van der Waals surface area contributed by atoms with Gasteiger partial charge in [0.15, 0.2) is 0 Å². The van der Waals surface area contributed by atoms with E-state index in [9.17, 15) is 5.11 Å². The second-order valence-corrected chi connectivity index (χ2v) is 4.35. The number of nitrogens with one attached hydrogen (secondary N) is 1. The fourth-order valence-corrected chi connectivity index (χ4v) is 1.85. The van der Waals surface area contributed by atoms with Crippen LogP contribution in [0.2, 0.25) is 5.02 Å². The molecule has 0 radical (unpaired) electrons. The van der Waals surface area contributed by atoms with Crippen LogP contribution in [0.3, 0.4) is 0 Å². The standard InChI is InChI=1S/C14H14ClNO/c1-10(11-5-3-2-4-6-11)16-12-7-8-14(17)13(15)9-12/h2-10,16-17H,1H3. The second-order valence-electron chi connectivity index (χ2n) is 3.94. The molecule has 1 unspecified atom stereocenters. The molecular weight excluding hydrogens is 234 g/mol. The predicted molar refractivity (Wildman–Crippen MR) is 71.6 cm³/mol. The molecule has 3 heteroatoms. The quantitative estimate of drug-likeness (QED) is 0.796. The minimum atomic E-state index is 0.101. The third-order valence-corrected chi connectivity index (χ3v) is 2.93. The van der Waals surface area contributed by atoms with E-state index in [-0.39, 0.29) is 11.8 Å². The monoisotopic (exact) mass is 247 g/mol. The molecule has 0 heterocycles. The van der Waals surface area contributed by atoms with Crippen LogP contribution < -0.4 is 5.32 Å². The topological polar surface area (TPSA) is 32.3 Å². The molecule has 2 nitrogen and oxygen atoms in total. The van der Waals surface area contributed by atoms with Crippen molar-refractivity contribution >= 4 is 17.3 Å². The zero-order valence-electron chi connectivity index (χ0n) is 9.52. The molecule has 0 saturated carbocycles. The van der Waals surface area contributed by atoms with Gasteiger partial charge in [0.25, 0.3) is 0 Å². The van der Waals surface area contributed by atoms with Gasteiger partial charge in [0.2, 0.25) is 0 Å². The molecule has 0 spiro atoms. The summed E-state index contributed by atoms with van der Waals surface area (Å²) in [6, 6.07) is 15.5. The highest BCUT2D eigenvalue weighted by atomic mass is 35.5. The Morgan fingerprint density at radius 1 is 1.12 bits per heavy atom. The molecule has 2 aromatic carbocycles. The van der Waals surface area contributed by atoms with E-state index in [1.165, 1.54) is 5.56 Å².